The van der Waals surface area contributed by atoms with Gasteiger partial charge in [-0.05, 0) is 19.2 Å². The number of carboxylic acid groups (broad SMARTS) is 1. The summed E-state index contributed by atoms with van der Waals surface area (Å²) in [4.78, 5) is 14.9. The first-order valence-electron chi connectivity index (χ1n) is 5.63. The molecule has 0 amide bonds. The molecule has 0 spiro atoms. The molecule has 1 fully saturated rings. The van der Waals surface area contributed by atoms with Crippen LogP contribution in [0.3, 0.4) is 0 Å². The van der Waals surface area contributed by atoms with Crippen molar-refractivity contribution in [3.8, 4) is 0 Å². The summed E-state index contributed by atoms with van der Waals surface area (Å²) < 4.78 is 0. The normalized spacial score (nSPS) is 17.1. The highest BCUT2D eigenvalue weighted by molar-refractivity contribution is 5.69. The van der Waals surface area contributed by atoms with E-state index in [4.69, 9.17) is 5.11 Å². The van der Waals surface area contributed by atoms with E-state index >= 15 is 0 Å². The van der Waals surface area contributed by atoms with Gasteiger partial charge in [-0.1, -0.05) is 0 Å². The number of hydrogen-bond donors (Lipinski definition) is 1. The number of aromatic nitrogens is 2. The van der Waals surface area contributed by atoms with Gasteiger partial charge in [0.1, 0.15) is 0 Å². The largest absolute Gasteiger partial charge is 0.481 e. The number of carboxylic acids is 1. The number of aliphatic carboxylic acids is 1. The zero-order valence-corrected chi connectivity index (χ0v) is 9.83. The highest BCUT2D eigenvalue weighted by atomic mass is 16.4. The molecule has 1 aliphatic rings. The lowest BCUT2D eigenvalue weighted by atomic mass is 10.3. The monoisotopic (exact) mass is 236 g/mol. The van der Waals surface area contributed by atoms with Crippen LogP contribution in [-0.2, 0) is 11.2 Å². The van der Waals surface area contributed by atoms with Crippen LogP contribution >= 0.6 is 0 Å². The third-order valence-corrected chi connectivity index (χ3v) is 2.87. The van der Waals surface area contributed by atoms with Gasteiger partial charge >= 0.3 is 5.97 Å². The number of anilines is 1. The molecule has 0 radical (unpaired) electrons. The van der Waals surface area contributed by atoms with Crippen molar-refractivity contribution in [1.82, 2.24) is 15.1 Å². The molecule has 1 aliphatic heterocycles. The summed E-state index contributed by atoms with van der Waals surface area (Å²) in [6.07, 6.45) is -0.0734. The van der Waals surface area contributed by atoms with Crippen molar-refractivity contribution in [2.45, 2.75) is 6.42 Å². The summed E-state index contributed by atoms with van der Waals surface area (Å²) in [6, 6.07) is 3.57. The molecule has 6 heteroatoms. The maximum Gasteiger partial charge on any atom is 0.309 e. The van der Waals surface area contributed by atoms with Gasteiger partial charge in [0, 0.05) is 26.2 Å². The van der Waals surface area contributed by atoms with E-state index in [1.807, 2.05) is 6.07 Å². The summed E-state index contributed by atoms with van der Waals surface area (Å²) in [7, 11) is 2.10. The molecule has 6 nitrogen and oxygen atoms in total. The first-order valence-corrected chi connectivity index (χ1v) is 5.63. The molecule has 2 rings (SSSR count). The average Bonchev–Trinajstić information content (AvgIpc) is 2.30. The second-order valence-electron chi connectivity index (χ2n) is 4.24. The summed E-state index contributed by atoms with van der Waals surface area (Å²) >= 11 is 0. The Bertz CT molecular complexity index is 385. The number of rotatable bonds is 3. The van der Waals surface area contributed by atoms with Crippen LogP contribution in [0.1, 0.15) is 5.69 Å². The number of likely N-dealkylation sites (N-methyl/N-ethyl adjacent to an activating group) is 1. The zero-order chi connectivity index (χ0) is 12.3. The van der Waals surface area contributed by atoms with Gasteiger partial charge < -0.3 is 14.9 Å². The van der Waals surface area contributed by atoms with E-state index in [1.165, 1.54) is 0 Å². The van der Waals surface area contributed by atoms with E-state index < -0.39 is 5.97 Å². The minimum Gasteiger partial charge on any atom is -0.481 e. The van der Waals surface area contributed by atoms with Crippen LogP contribution in [0, 0.1) is 0 Å². The van der Waals surface area contributed by atoms with E-state index in [2.05, 4.69) is 27.0 Å². The molecule has 2 heterocycles. The number of carbonyl (C=O) groups is 1. The molecule has 0 aromatic carbocycles. The Morgan fingerprint density at radius 1 is 1.29 bits per heavy atom. The molecule has 1 N–H and O–H groups in total. The number of piperazine rings is 1. The van der Waals surface area contributed by atoms with Crippen LogP contribution in [-0.4, -0.2) is 59.4 Å². The highest BCUT2D eigenvalue weighted by Gasteiger charge is 2.15. The Balaban J connectivity index is 2.00. The molecule has 0 bridgehead atoms. The van der Waals surface area contributed by atoms with Crippen molar-refractivity contribution in [2.24, 2.45) is 0 Å². The molecule has 0 unspecified atom stereocenters. The van der Waals surface area contributed by atoms with E-state index in [0.29, 0.717) is 5.69 Å². The first-order chi connectivity index (χ1) is 8.15. The third kappa shape index (κ3) is 3.13. The predicted molar refractivity (Wildman–Crippen MR) is 63.1 cm³/mol. The van der Waals surface area contributed by atoms with Gasteiger partial charge in [-0.2, -0.15) is 5.10 Å². The molecular formula is C11H16N4O2. The summed E-state index contributed by atoms with van der Waals surface area (Å²) in [6.45, 7) is 3.89. The van der Waals surface area contributed by atoms with Crippen LogP contribution in [0.5, 0.6) is 0 Å². The Hall–Kier alpha value is -1.69. The molecular weight excluding hydrogens is 220 g/mol. The lowest BCUT2D eigenvalue weighted by molar-refractivity contribution is -0.136. The molecule has 0 aliphatic carbocycles. The van der Waals surface area contributed by atoms with Crippen LogP contribution in [0.15, 0.2) is 12.1 Å². The van der Waals surface area contributed by atoms with Gasteiger partial charge in [-0.15, -0.1) is 5.10 Å². The van der Waals surface area contributed by atoms with E-state index in [-0.39, 0.29) is 6.42 Å². The van der Waals surface area contributed by atoms with Gasteiger partial charge in [-0.25, -0.2) is 0 Å². The van der Waals surface area contributed by atoms with E-state index in [0.717, 1.165) is 32.0 Å². The first kappa shape index (κ1) is 11.8. The Morgan fingerprint density at radius 2 is 2.00 bits per heavy atom. The second kappa shape index (κ2) is 5.09. The van der Waals surface area contributed by atoms with Gasteiger partial charge in [0.2, 0.25) is 0 Å². The van der Waals surface area contributed by atoms with Crippen LogP contribution in [0.4, 0.5) is 5.82 Å². The topological polar surface area (TPSA) is 69.6 Å². The summed E-state index contributed by atoms with van der Waals surface area (Å²) in [5.74, 6) is -0.0566. The van der Waals surface area contributed by atoms with Crippen molar-refractivity contribution >= 4 is 11.8 Å². The smallest absolute Gasteiger partial charge is 0.309 e. The fourth-order valence-electron chi connectivity index (χ4n) is 1.81. The van der Waals surface area contributed by atoms with Crippen molar-refractivity contribution in [1.29, 1.82) is 0 Å². The lowest BCUT2D eigenvalue weighted by Crippen LogP contribution is -2.44. The maximum atomic E-state index is 10.5. The van der Waals surface area contributed by atoms with Crippen molar-refractivity contribution < 1.29 is 9.90 Å². The van der Waals surface area contributed by atoms with Gasteiger partial charge in [0.25, 0.3) is 0 Å². The molecule has 1 aromatic heterocycles. The average molecular weight is 236 g/mol. The minimum atomic E-state index is -0.883. The van der Waals surface area contributed by atoms with Crippen molar-refractivity contribution in [3.63, 3.8) is 0 Å². The van der Waals surface area contributed by atoms with Crippen LogP contribution in [0.2, 0.25) is 0 Å². The van der Waals surface area contributed by atoms with E-state index in [9.17, 15) is 4.79 Å². The fraction of sp³-hybridized carbons (Fsp3) is 0.545. The van der Waals surface area contributed by atoms with Crippen molar-refractivity contribution in [2.75, 3.05) is 38.1 Å². The van der Waals surface area contributed by atoms with Crippen molar-refractivity contribution in [3.05, 3.63) is 17.8 Å². The van der Waals surface area contributed by atoms with Gasteiger partial charge in [0.05, 0.1) is 12.1 Å². The number of hydrogen-bond acceptors (Lipinski definition) is 5. The molecule has 0 saturated carbocycles. The highest BCUT2D eigenvalue weighted by Crippen LogP contribution is 2.12. The Morgan fingerprint density at radius 3 is 2.53 bits per heavy atom. The predicted octanol–water partition coefficient (Wildman–Crippen LogP) is -0.145. The van der Waals surface area contributed by atoms with Gasteiger partial charge in [-0.3, -0.25) is 4.79 Å². The van der Waals surface area contributed by atoms with Crippen LogP contribution < -0.4 is 4.90 Å². The summed E-state index contributed by atoms with van der Waals surface area (Å²) in [5, 5.41) is 16.6. The Labute approximate surface area is 99.9 Å². The minimum absolute atomic E-state index is 0.0734. The molecule has 92 valence electrons. The van der Waals surface area contributed by atoms with Gasteiger partial charge in [0.15, 0.2) is 5.82 Å². The SMILES string of the molecule is CN1CCN(c2ccc(CC(=O)O)nn2)CC1. The third-order valence-electron chi connectivity index (χ3n) is 2.87. The quantitative estimate of drug-likeness (QED) is 0.787. The molecule has 1 saturated heterocycles. The summed E-state index contributed by atoms with van der Waals surface area (Å²) in [5.41, 5.74) is 0.496. The fourth-order valence-corrected chi connectivity index (χ4v) is 1.81. The Kier molecular flexibility index (Phi) is 3.53. The zero-order valence-electron chi connectivity index (χ0n) is 9.83. The van der Waals surface area contributed by atoms with E-state index in [1.54, 1.807) is 6.07 Å². The standard InChI is InChI=1S/C11H16N4O2/c1-14-4-6-15(7-5-14)10-3-2-9(12-13-10)8-11(16)17/h2-3H,4-8H2,1H3,(H,16,17). The molecule has 1 aromatic rings. The second-order valence-corrected chi connectivity index (χ2v) is 4.24. The molecule has 0 atom stereocenters. The molecule has 17 heavy (non-hydrogen) atoms. The van der Waals surface area contributed by atoms with Crippen LogP contribution in [0.25, 0.3) is 0 Å². The lowest BCUT2D eigenvalue weighted by Gasteiger charge is -2.32. The maximum absolute atomic E-state index is 10.5. The number of nitrogens with zero attached hydrogens (tertiary/aromatic N) is 4.